The van der Waals surface area contributed by atoms with E-state index in [2.05, 4.69) is 12.0 Å². The van der Waals surface area contributed by atoms with Crippen LogP contribution < -0.4 is 11.4 Å². The fraction of sp³-hybridized carbons (Fsp3) is 0.500. The molecule has 2 aromatic rings. The number of nitrogens with two attached hydrogens (primary N) is 1. The maximum absolute atomic E-state index is 12.3. The molecule has 8 heteroatoms. The van der Waals surface area contributed by atoms with Gasteiger partial charge < -0.3 is 10.6 Å². The summed E-state index contributed by atoms with van der Waals surface area (Å²) in [7, 11) is 0. The van der Waals surface area contributed by atoms with Gasteiger partial charge in [0.1, 0.15) is 6.54 Å². The highest BCUT2D eigenvalue weighted by Gasteiger charge is 2.35. The molecule has 2 aromatic heterocycles. The molecule has 0 saturated carbocycles. The molecule has 22 heavy (non-hydrogen) atoms. The van der Waals surface area contributed by atoms with E-state index in [4.69, 9.17) is 5.73 Å². The molecule has 0 radical (unpaired) electrons. The second-order valence-electron chi connectivity index (χ2n) is 5.95. The molecule has 0 aliphatic carbocycles. The Morgan fingerprint density at radius 3 is 2.86 bits per heavy atom. The van der Waals surface area contributed by atoms with Gasteiger partial charge in [-0.05, 0) is 30.5 Å². The Morgan fingerprint density at radius 2 is 2.23 bits per heavy atom. The minimum absolute atomic E-state index is 0. The van der Waals surface area contributed by atoms with Crippen molar-refractivity contribution in [1.82, 2.24) is 19.1 Å². The zero-order valence-electron chi connectivity index (χ0n) is 12.4. The highest BCUT2D eigenvalue weighted by Crippen LogP contribution is 2.28. The molecule has 1 atom stereocenters. The summed E-state index contributed by atoms with van der Waals surface area (Å²) in [6.07, 6.45) is 2.54. The first-order valence-corrected chi connectivity index (χ1v) is 7.04. The van der Waals surface area contributed by atoms with Crippen molar-refractivity contribution in [1.29, 1.82) is 0 Å². The number of fused-ring (bicyclic) bond motifs is 1. The van der Waals surface area contributed by atoms with Gasteiger partial charge in [0.15, 0.2) is 5.65 Å². The monoisotopic (exact) mass is 325 g/mol. The van der Waals surface area contributed by atoms with Crippen molar-refractivity contribution in [3.63, 3.8) is 0 Å². The van der Waals surface area contributed by atoms with Crippen molar-refractivity contribution in [3.05, 3.63) is 34.9 Å². The van der Waals surface area contributed by atoms with E-state index in [9.17, 15) is 9.59 Å². The van der Waals surface area contributed by atoms with E-state index in [0.29, 0.717) is 25.3 Å². The van der Waals surface area contributed by atoms with Gasteiger partial charge in [-0.25, -0.2) is 9.48 Å². The molecule has 7 nitrogen and oxygen atoms in total. The maximum Gasteiger partial charge on any atom is 0.350 e. The third-order valence-corrected chi connectivity index (χ3v) is 4.18. The minimum atomic E-state index is -0.292. The van der Waals surface area contributed by atoms with Crippen LogP contribution in [0.3, 0.4) is 0 Å². The summed E-state index contributed by atoms with van der Waals surface area (Å²) in [5.74, 6) is -0.0855. The smallest absolute Gasteiger partial charge is 0.340 e. The number of rotatable bonds is 3. The number of likely N-dealkylation sites (tertiary alicyclic amines) is 1. The minimum Gasteiger partial charge on any atom is -0.340 e. The van der Waals surface area contributed by atoms with E-state index in [0.717, 1.165) is 6.42 Å². The Balaban J connectivity index is 0.00000176. The number of hydrogen-bond acceptors (Lipinski definition) is 4. The van der Waals surface area contributed by atoms with Crippen molar-refractivity contribution in [3.8, 4) is 0 Å². The van der Waals surface area contributed by atoms with E-state index in [1.807, 2.05) is 0 Å². The van der Waals surface area contributed by atoms with E-state index in [1.165, 1.54) is 9.08 Å². The topological polar surface area (TPSA) is 85.6 Å². The predicted octanol–water partition coefficient (Wildman–Crippen LogP) is 0.115. The zero-order valence-corrected chi connectivity index (χ0v) is 13.3. The van der Waals surface area contributed by atoms with Crippen LogP contribution in [0.5, 0.6) is 0 Å². The van der Waals surface area contributed by atoms with Crippen molar-refractivity contribution < 1.29 is 4.79 Å². The van der Waals surface area contributed by atoms with Crippen molar-refractivity contribution >= 4 is 24.0 Å². The van der Waals surface area contributed by atoms with Crippen LogP contribution in [-0.4, -0.2) is 44.6 Å². The summed E-state index contributed by atoms with van der Waals surface area (Å²) in [6.45, 7) is 3.95. The number of carbonyl (C=O) groups excluding carboxylic acids is 1. The Morgan fingerprint density at radius 1 is 1.45 bits per heavy atom. The highest BCUT2D eigenvalue weighted by atomic mass is 35.5. The molecule has 1 amide bonds. The summed E-state index contributed by atoms with van der Waals surface area (Å²) >= 11 is 0. The van der Waals surface area contributed by atoms with E-state index in [-0.39, 0.29) is 36.0 Å². The molecule has 0 spiro atoms. The van der Waals surface area contributed by atoms with Crippen molar-refractivity contribution in [2.24, 2.45) is 11.1 Å². The van der Waals surface area contributed by atoms with Gasteiger partial charge in [-0.2, -0.15) is 0 Å². The lowest BCUT2D eigenvalue weighted by molar-refractivity contribution is -0.131. The molecular weight excluding hydrogens is 306 g/mol. The Bertz CT molecular complexity index is 740. The van der Waals surface area contributed by atoms with Gasteiger partial charge in [0, 0.05) is 19.3 Å². The summed E-state index contributed by atoms with van der Waals surface area (Å²) < 4.78 is 2.65. The van der Waals surface area contributed by atoms with E-state index >= 15 is 0 Å². The average molecular weight is 326 g/mol. The van der Waals surface area contributed by atoms with Gasteiger partial charge in [0.05, 0.1) is 0 Å². The van der Waals surface area contributed by atoms with E-state index < -0.39 is 0 Å². The van der Waals surface area contributed by atoms with Gasteiger partial charge in [-0.3, -0.25) is 9.20 Å². The van der Waals surface area contributed by atoms with Gasteiger partial charge in [0.25, 0.3) is 0 Å². The van der Waals surface area contributed by atoms with Crippen LogP contribution in [0.1, 0.15) is 13.3 Å². The normalized spacial score (nSPS) is 21.1. The maximum atomic E-state index is 12.3. The van der Waals surface area contributed by atoms with E-state index in [1.54, 1.807) is 29.3 Å². The second kappa shape index (κ2) is 6.10. The zero-order chi connectivity index (χ0) is 15.0. The average Bonchev–Trinajstić information content (AvgIpc) is 3.02. The number of nitrogens with zero attached hydrogens (tertiary/aromatic N) is 4. The molecular formula is C14H20ClN5O2. The Hall–Kier alpha value is -1.86. The largest absolute Gasteiger partial charge is 0.350 e. The van der Waals surface area contributed by atoms with Crippen LogP contribution in [0.15, 0.2) is 29.2 Å². The number of pyridine rings is 1. The van der Waals surface area contributed by atoms with Crippen LogP contribution >= 0.6 is 12.4 Å². The third-order valence-electron chi connectivity index (χ3n) is 4.18. The van der Waals surface area contributed by atoms with Crippen LogP contribution in [0.2, 0.25) is 0 Å². The summed E-state index contributed by atoms with van der Waals surface area (Å²) in [4.78, 5) is 26.2. The SMILES string of the molecule is CC1(CN)CCN(C(=O)Cn2nc3ccccn3c2=O)C1.Cl. The van der Waals surface area contributed by atoms with Crippen LogP contribution in [0, 0.1) is 5.41 Å². The lowest BCUT2D eigenvalue weighted by Crippen LogP contribution is -2.38. The van der Waals surface area contributed by atoms with Crippen LogP contribution in [-0.2, 0) is 11.3 Å². The quantitative estimate of drug-likeness (QED) is 0.868. The number of amides is 1. The Labute approximate surface area is 134 Å². The van der Waals surface area contributed by atoms with Gasteiger partial charge >= 0.3 is 5.69 Å². The molecule has 120 valence electrons. The van der Waals surface area contributed by atoms with Crippen LogP contribution in [0.4, 0.5) is 0 Å². The molecule has 1 saturated heterocycles. The molecule has 2 N–H and O–H groups in total. The molecule has 0 bridgehead atoms. The second-order valence-corrected chi connectivity index (χ2v) is 5.95. The molecule has 3 heterocycles. The van der Waals surface area contributed by atoms with Gasteiger partial charge in [-0.1, -0.05) is 13.0 Å². The molecule has 1 aliphatic heterocycles. The lowest BCUT2D eigenvalue weighted by Gasteiger charge is -2.22. The first-order chi connectivity index (χ1) is 10.0. The fourth-order valence-corrected chi connectivity index (χ4v) is 2.70. The number of aromatic nitrogens is 3. The summed E-state index contributed by atoms with van der Waals surface area (Å²) in [5.41, 5.74) is 5.99. The highest BCUT2D eigenvalue weighted by molar-refractivity contribution is 5.85. The predicted molar refractivity (Wildman–Crippen MR) is 85.1 cm³/mol. The lowest BCUT2D eigenvalue weighted by atomic mass is 9.90. The van der Waals surface area contributed by atoms with Crippen LogP contribution in [0.25, 0.3) is 5.65 Å². The number of halogens is 1. The standard InChI is InChI=1S/C14H19N5O2.ClH/c1-14(9-15)5-7-17(10-14)12(20)8-19-13(21)18-6-3-2-4-11(18)16-19;/h2-4,6H,5,7-10,15H2,1H3;1H. The van der Waals surface area contributed by atoms with Gasteiger partial charge in [-0.15, -0.1) is 17.5 Å². The molecule has 1 aliphatic rings. The Kier molecular flexibility index (Phi) is 4.58. The molecule has 1 unspecified atom stereocenters. The third kappa shape index (κ3) is 2.86. The summed E-state index contributed by atoms with van der Waals surface area (Å²) in [6, 6.07) is 5.31. The molecule has 0 aromatic carbocycles. The molecule has 3 rings (SSSR count). The van der Waals surface area contributed by atoms with Crippen molar-refractivity contribution in [2.45, 2.75) is 19.9 Å². The number of carbonyl (C=O) groups is 1. The molecule has 1 fully saturated rings. The summed E-state index contributed by atoms with van der Waals surface area (Å²) in [5, 5.41) is 4.18. The first kappa shape index (κ1) is 16.5. The first-order valence-electron chi connectivity index (χ1n) is 7.04. The van der Waals surface area contributed by atoms with Gasteiger partial charge in [0.2, 0.25) is 5.91 Å². The number of hydrogen-bond donors (Lipinski definition) is 1. The fourth-order valence-electron chi connectivity index (χ4n) is 2.70. The van der Waals surface area contributed by atoms with Crippen molar-refractivity contribution in [2.75, 3.05) is 19.6 Å².